The van der Waals surface area contributed by atoms with Crippen molar-refractivity contribution in [2.75, 3.05) is 0 Å². The van der Waals surface area contributed by atoms with Crippen LogP contribution in [0.25, 0.3) is 10.4 Å². The molecule has 74 valence electrons. The molecule has 0 saturated carbocycles. The van der Waals surface area contributed by atoms with Crippen molar-refractivity contribution in [1.29, 1.82) is 0 Å². The van der Waals surface area contributed by atoms with Crippen molar-refractivity contribution < 1.29 is 4.74 Å². The Morgan fingerprint density at radius 2 is 2.40 bits per heavy atom. The van der Waals surface area contributed by atoms with Gasteiger partial charge in [0, 0.05) is 10.6 Å². The van der Waals surface area contributed by atoms with Crippen LogP contribution in [-0.2, 0) is 0 Å². The van der Waals surface area contributed by atoms with E-state index in [4.69, 9.17) is 10.3 Å². The highest BCUT2D eigenvalue weighted by molar-refractivity contribution is 7.11. The third kappa shape index (κ3) is 2.43. The summed E-state index contributed by atoms with van der Waals surface area (Å²) in [6.07, 6.45) is 0. The van der Waals surface area contributed by atoms with Crippen LogP contribution >= 0.6 is 11.3 Å². The van der Waals surface area contributed by atoms with E-state index in [0.29, 0.717) is 16.6 Å². The molecule has 0 unspecified atom stereocenters. The molecule has 0 aliphatic heterocycles. The van der Waals surface area contributed by atoms with E-state index < -0.39 is 0 Å². The number of rotatable bonds is 3. The third-order valence-electron chi connectivity index (χ3n) is 1.52. The Kier molecular flexibility index (Phi) is 2.77. The molecular formula is C8H5N5OS. The molecule has 0 atom stereocenters. The fourth-order valence-electron chi connectivity index (χ4n) is 0.969. The van der Waals surface area contributed by atoms with Crippen LogP contribution in [0.4, 0.5) is 5.69 Å². The Labute approximate surface area is 88.8 Å². The molecule has 0 aliphatic carbocycles. The second kappa shape index (κ2) is 4.41. The van der Waals surface area contributed by atoms with Crippen molar-refractivity contribution in [3.05, 3.63) is 40.2 Å². The van der Waals surface area contributed by atoms with Crippen molar-refractivity contribution in [3.8, 4) is 10.9 Å². The van der Waals surface area contributed by atoms with E-state index in [1.165, 1.54) is 11.3 Å². The molecule has 1 aromatic carbocycles. The molecule has 0 amide bonds. The molecule has 0 saturated heterocycles. The zero-order chi connectivity index (χ0) is 10.5. The van der Waals surface area contributed by atoms with Crippen molar-refractivity contribution in [3.63, 3.8) is 0 Å². The predicted molar refractivity (Wildman–Crippen MR) is 55.2 cm³/mol. The minimum Gasteiger partial charge on any atom is -0.430 e. The maximum absolute atomic E-state index is 8.26. The lowest BCUT2D eigenvalue weighted by Crippen LogP contribution is -1.82. The van der Waals surface area contributed by atoms with Crippen molar-refractivity contribution in [1.82, 2.24) is 10.2 Å². The van der Waals surface area contributed by atoms with Crippen molar-refractivity contribution in [2.24, 2.45) is 5.11 Å². The molecule has 0 bridgehead atoms. The van der Waals surface area contributed by atoms with Gasteiger partial charge in [-0.1, -0.05) is 33.7 Å². The van der Waals surface area contributed by atoms with Gasteiger partial charge in [0.05, 0.1) is 0 Å². The molecular weight excluding hydrogens is 214 g/mol. The third-order valence-corrected chi connectivity index (χ3v) is 2.09. The Morgan fingerprint density at radius 1 is 1.47 bits per heavy atom. The molecule has 7 heteroatoms. The van der Waals surface area contributed by atoms with Gasteiger partial charge < -0.3 is 4.74 Å². The highest BCUT2D eigenvalue weighted by Crippen LogP contribution is 2.25. The number of benzene rings is 1. The van der Waals surface area contributed by atoms with E-state index >= 15 is 0 Å². The lowest BCUT2D eigenvalue weighted by atomic mass is 10.3. The summed E-state index contributed by atoms with van der Waals surface area (Å²) in [5.74, 6) is 0.566. The molecule has 0 N–H and O–H groups in total. The topological polar surface area (TPSA) is 83.8 Å². The van der Waals surface area contributed by atoms with Crippen LogP contribution in [0.1, 0.15) is 0 Å². The molecule has 1 aromatic heterocycles. The van der Waals surface area contributed by atoms with E-state index in [0.717, 1.165) is 0 Å². The SMILES string of the molecule is [N-]=[N+]=Nc1cccc(Oc2nncs2)c1. The molecule has 15 heavy (non-hydrogen) atoms. The van der Waals surface area contributed by atoms with Crippen LogP contribution < -0.4 is 4.74 Å². The lowest BCUT2D eigenvalue weighted by molar-refractivity contribution is 0.473. The second-order valence-corrected chi connectivity index (χ2v) is 3.29. The summed E-state index contributed by atoms with van der Waals surface area (Å²) in [5, 5.41) is 11.3. The first-order chi connectivity index (χ1) is 7.38. The molecule has 0 radical (unpaired) electrons. The van der Waals surface area contributed by atoms with Gasteiger partial charge in [0.1, 0.15) is 11.3 Å². The van der Waals surface area contributed by atoms with E-state index in [9.17, 15) is 0 Å². The van der Waals surface area contributed by atoms with E-state index in [1.54, 1.807) is 29.8 Å². The highest BCUT2D eigenvalue weighted by Gasteiger charge is 2.00. The summed E-state index contributed by atoms with van der Waals surface area (Å²) in [7, 11) is 0. The first-order valence-electron chi connectivity index (χ1n) is 3.97. The van der Waals surface area contributed by atoms with Gasteiger partial charge in [-0.15, -0.1) is 5.10 Å². The van der Waals surface area contributed by atoms with Crippen LogP contribution in [0.15, 0.2) is 34.9 Å². The summed E-state index contributed by atoms with van der Waals surface area (Å²) in [5.41, 5.74) is 10.3. The Hall–Kier alpha value is -2.11. The van der Waals surface area contributed by atoms with Gasteiger partial charge in [0.15, 0.2) is 0 Å². The first-order valence-corrected chi connectivity index (χ1v) is 4.85. The summed E-state index contributed by atoms with van der Waals surface area (Å²) >= 11 is 1.29. The first kappa shape index (κ1) is 9.45. The van der Waals surface area contributed by atoms with Crippen LogP contribution in [0.5, 0.6) is 10.9 Å². The maximum atomic E-state index is 8.26. The van der Waals surface area contributed by atoms with Gasteiger partial charge in [0.2, 0.25) is 0 Å². The van der Waals surface area contributed by atoms with Crippen molar-refractivity contribution in [2.45, 2.75) is 0 Å². The zero-order valence-electron chi connectivity index (χ0n) is 7.44. The fraction of sp³-hybridized carbons (Fsp3) is 0. The molecule has 1 heterocycles. The lowest BCUT2D eigenvalue weighted by Gasteiger charge is -2.00. The van der Waals surface area contributed by atoms with Gasteiger partial charge in [-0.3, -0.25) is 0 Å². The molecule has 6 nitrogen and oxygen atoms in total. The Balaban J connectivity index is 2.22. The van der Waals surface area contributed by atoms with Crippen LogP contribution in [0.2, 0.25) is 0 Å². The van der Waals surface area contributed by atoms with Crippen LogP contribution in [0, 0.1) is 0 Å². The Morgan fingerprint density at radius 3 is 3.13 bits per heavy atom. The van der Waals surface area contributed by atoms with E-state index in [1.807, 2.05) is 0 Å². The van der Waals surface area contributed by atoms with E-state index in [-0.39, 0.29) is 0 Å². The predicted octanol–water partition coefficient (Wildman–Crippen LogP) is 3.27. The minimum atomic E-state index is 0.452. The molecule has 2 aromatic rings. The van der Waals surface area contributed by atoms with Crippen LogP contribution in [-0.4, -0.2) is 10.2 Å². The summed E-state index contributed by atoms with van der Waals surface area (Å²) in [4.78, 5) is 2.69. The quantitative estimate of drug-likeness (QED) is 0.451. The zero-order valence-corrected chi connectivity index (χ0v) is 8.26. The summed E-state index contributed by atoms with van der Waals surface area (Å²) in [6, 6.07) is 6.80. The normalized spacial score (nSPS) is 9.33. The van der Waals surface area contributed by atoms with Crippen LogP contribution in [0.3, 0.4) is 0 Å². The van der Waals surface area contributed by atoms with Gasteiger partial charge in [-0.25, -0.2) is 0 Å². The number of hydrogen-bond acceptors (Lipinski definition) is 5. The number of nitrogens with zero attached hydrogens (tertiary/aromatic N) is 5. The van der Waals surface area contributed by atoms with Gasteiger partial charge in [-0.05, 0) is 17.7 Å². The molecule has 2 rings (SSSR count). The second-order valence-electron chi connectivity index (χ2n) is 2.49. The smallest absolute Gasteiger partial charge is 0.299 e. The molecule has 0 fully saturated rings. The fourth-order valence-corrected chi connectivity index (χ4v) is 1.39. The average Bonchev–Trinajstić information content (AvgIpc) is 2.71. The standard InChI is InChI=1S/C8H5N5OS/c9-13-11-6-2-1-3-7(4-6)14-8-12-10-5-15-8/h1-5H. The number of azide groups is 1. The number of aromatic nitrogens is 2. The average molecular weight is 219 g/mol. The van der Waals surface area contributed by atoms with Gasteiger partial charge in [-0.2, -0.15) is 0 Å². The Bertz CT molecular complexity index is 491. The van der Waals surface area contributed by atoms with Gasteiger partial charge in [0.25, 0.3) is 5.19 Å². The largest absolute Gasteiger partial charge is 0.430 e. The number of hydrogen-bond donors (Lipinski definition) is 0. The monoisotopic (exact) mass is 219 g/mol. The van der Waals surface area contributed by atoms with E-state index in [2.05, 4.69) is 20.2 Å². The maximum Gasteiger partial charge on any atom is 0.299 e. The van der Waals surface area contributed by atoms with Crippen molar-refractivity contribution >= 4 is 17.0 Å². The van der Waals surface area contributed by atoms with Gasteiger partial charge >= 0.3 is 0 Å². The summed E-state index contributed by atoms with van der Waals surface area (Å²) < 4.78 is 5.37. The molecule has 0 aliphatic rings. The molecule has 0 spiro atoms. The summed E-state index contributed by atoms with van der Waals surface area (Å²) in [6.45, 7) is 0. The minimum absolute atomic E-state index is 0.452. The number of ether oxygens (including phenoxy) is 1. The highest BCUT2D eigenvalue weighted by atomic mass is 32.1.